The molecule has 0 atom stereocenters. The fourth-order valence-corrected chi connectivity index (χ4v) is 2.56. The number of aromatic nitrogens is 3. The van der Waals surface area contributed by atoms with Crippen LogP contribution in [-0.4, -0.2) is 21.3 Å². The van der Waals surface area contributed by atoms with E-state index in [1.807, 2.05) is 36.1 Å². The first-order chi connectivity index (χ1) is 10.3. The fraction of sp³-hybridized carbons (Fsp3) is 0.294. The Labute approximate surface area is 124 Å². The van der Waals surface area contributed by atoms with Crippen LogP contribution < -0.4 is 5.32 Å². The zero-order valence-electron chi connectivity index (χ0n) is 12.3. The van der Waals surface area contributed by atoms with E-state index in [4.69, 9.17) is 0 Å². The molecule has 1 N–H and O–H groups in total. The van der Waals surface area contributed by atoms with E-state index in [0.717, 1.165) is 37.3 Å². The summed E-state index contributed by atoms with van der Waals surface area (Å²) in [6.07, 6.45) is 4.89. The predicted molar refractivity (Wildman–Crippen MR) is 85.0 cm³/mol. The van der Waals surface area contributed by atoms with Crippen molar-refractivity contribution in [3.8, 4) is 0 Å². The first-order valence-electron chi connectivity index (χ1n) is 7.36. The molecule has 0 amide bonds. The second kappa shape index (κ2) is 6.50. The highest BCUT2D eigenvalue weighted by atomic mass is 15.3. The van der Waals surface area contributed by atoms with E-state index in [0.29, 0.717) is 0 Å². The number of aryl methyl sites for hydroxylation is 2. The molecule has 108 valence electrons. The minimum atomic E-state index is 0.878. The summed E-state index contributed by atoms with van der Waals surface area (Å²) >= 11 is 0. The minimum absolute atomic E-state index is 0.878. The van der Waals surface area contributed by atoms with E-state index in [9.17, 15) is 0 Å². The molecule has 0 saturated heterocycles. The van der Waals surface area contributed by atoms with Crippen LogP contribution in [0.25, 0.3) is 10.9 Å². The van der Waals surface area contributed by atoms with Crippen LogP contribution >= 0.6 is 0 Å². The summed E-state index contributed by atoms with van der Waals surface area (Å²) in [6, 6.07) is 12.4. The number of fused-ring (bicyclic) bond motifs is 1. The Morgan fingerprint density at radius 1 is 1.19 bits per heavy atom. The molecule has 4 nitrogen and oxygen atoms in total. The van der Waals surface area contributed by atoms with Crippen molar-refractivity contribution < 1.29 is 0 Å². The van der Waals surface area contributed by atoms with Crippen molar-refractivity contribution in [3.63, 3.8) is 0 Å². The quantitative estimate of drug-likeness (QED) is 0.706. The van der Waals surface area contributed by atoms with E-state index < -0.39 is 0 Å². The van der Waals surface area contributed by atoms with Crippen molar-refractivity contribution in [3.05, 3.63) is 60.0 Å². The van der Waals surface area contributed by atoms with Gasteiger partial charge in [-0.1, -0.05) is 18.2 Å². The topological polar surface area (TPSA) is 42.7 Å². The maximum absolute atomic E-state index is 4.58. The molecule has 0 radical (unpaired) electrons. The van der Waals surface area contributed by atoms with E-state index in [-0.39, 0.29) is 0 Å². The summed E-state index contributed by atoms with van der Waals surface area (Å²) in [5.74, 6) is 0. The normalized spacial score (nSPS) is 11.1. The van der Waals surface area contributed by atoms with Crippen LogP contribution in [0, 0.1) is 6.92 Å². The lowest BCUT2D eigenvalue weighted by Crippen LogP contribution is -2.17. The molecule has 0 fully saturated rings. The Bertz CT molecular complexity index is 704. The standard InChI is InChI=1S/C17H20N4/c1-14-12-15(16-6-2-3-7-17(16)20-14)13-18-8-4-10-21-11-5-9-19-21/h2-3,5-7,9,11-12,18H,4,8,10,13H2,1H3. The van der Waals surface area contributed by atoms with Gasteiger partial charge in [-0.25, -0.2) is 0 Å². The van der Waals surface area contributed by atoms with E-state index >= 15 is 0 Å². The molecule has 2 heterocycles. The molecule has 0 aliphatic heterocycles. The lowest BCUT2D eigenvalue weighted by molar-refractivity contribution is 0.544. The van der Waals surface area contributed by atoms with E-state index in [1.165, 1.54) is 10.9 Å². The zero-order valence-corrected chi connectivity index (χ0v) is 12.3. The predicted octanol–water partition coefficient (Wildman–Crippen LogP) is 2.92. The largest absolute Gasteiger partial charge is 0.313 e. The Balaban J connectivity index is 1.57. The molecule has 3 rings (SSSR count). The molecule has 0 unspecified atom stereocenters. The van der Waals surface area contributed by atoms with Crippen LogP contribution in [0.3, 0.4) is 0 Å². The second-order valence-corrected chi connectivity index (χ2v) is 5.24. The number of rotatable bonds is 6. The van der Waals surface area contributed by atoms with Gasteiger partial charge in [-0.2, -0.15) is 5.10 Å². The smallest absolute Gasteiger partial charge is 0.0708 e. The molecular formula is C17H20N4. The van der Waals surface area contributed by atoms with E-state index in [1.54, 1.807) is 0 Å². The van der Waals surface area contributed by atoms with Crippen LogP contribution in [0.5, 0.6) is 0 Å². The minimum Gasteiger partial charge on any atom is -0.313 e. The number of benzene rings is 1. The highest BCUT2D eigenvalue weighted by Gasteiger charge is 2.03. The fourth-order valence-electron chi connectivity index (χ4n) is 2.56. The van der Waals surface area contributed by atoms with Crippen molar-refractivity contribution in [1.82, 2.24) is 20.1 Å². The van der Waals surface area contributed by atoms with Gasteiger partial charge in [0.15, 0.2) is 0 Å². The summed E-state index contributed by atoms with van der Waals surface area (Å²) in [6.45, 7) is 4.86. The molecule has 0 spiro atoms. The van der Waals surface area contributed by atoms with Gasteiger partial charge < -0.3 is 5.32 Å². The van der Waals surface area contributed by atoms with Crippen molar-refractivity contribution in [2.75, 3.05) is 6.54 Å². The van der Waals surface area contributed by atoms with Gasteiger partial charge in [0, 0.05) is 36.6 Å². The van der Waals surface area contributed by atoms with Crippen molar-refractivity contribution in [2.45, 2.75) is 26.4 Å². The number of nitrogens with zero attached hydrogens (tertiary/aromatic N) is 3. The maximum Gasteiger partial charge on any atom is 0.0708 e. The van der Waals surface area contributed by atoms with Crippen LogP contribution in [-0.2, 0) is 13.1 Å². The third-order valence-corrected chi connectivity index (χ3v) is 3.55. The van der Waals surface area contributed by atoms with Gasteiger partial charge in [0.1, 0.15) is 0 Å². The SMILES string of the molecule is Cc1cc(CNCCCn2cccn2)c2ccccc2n1. The molecule has 21 heavy (non-hydrogen) atoms. The molecule has 2 aromatic heterocycles. The number of hydrogen-bond acceptors (Lipinski definition) is 3. The summed E-state index contributed by atoms with van der Waals surface area (Å²) in [5, 5.41) is 8.96. The summed E-state index contributed by atoms with van der Waals surface area (Å²) in [7, 11) is 0. The van der Waals surface area contributed by atoms with E-state index in [2.05, 4.69) is 39.7 Å². The molecular weight excluding hydrogens is 260 g/mol. The van der Waals surface area contributed by atoms with Crippen LogP contribution in [0.4, 0.5) is 0 Å². The van der Waals surface area contributed by atoms with Crippen molar-refractivity contribution >= 4 is 10.9 Å². The highest BCUT2D eigenvalue weighted by Crippen LogP contribution is 2.17. The average Bonchev–Trinajstić information content (AvgIpc) is 3.00. The van der Waals surface area contributed by atoms with Gasteiger partial charge in [0.25, 0.3) is 0 Å². The van der Waals surface area contributed by atoms with Gasteiger partial charge >= 0.3 is 0 Å². The Hall–Kier alpha value is -2.20. The first-order valence-corrected chi connectivity index (χ1v) is 7.36. The number of hydrogen-bond donors (Lipinski definition) is 1. The Morgan fingerprint density at radius 2 is 2.10 bits per heavy atom. The molecule has 1 aromatic carbocycles. The van der Waals surface area contributed by atoms with Gasteiger partial charge in [0.2, 0.25) is 0 Å². The monoisotopic (exact) mass is 280 g/mol. The Morgan fingerprint density at radius 3 is 2.95 bits per heavy atom. The molecule has 3 aromatic rings. The first kappa shape index (κ1) is 13.8. The zero-order chi connectivity index (χ0) is 14.5. The average molecular weight is 280 g/mol. The number of para-hydroxylation sites is 1. The summed E-state index contributed by atoms with van der Waals surface area (Å²) in [4.78, 5) is 4.58. The van der Waals surface area contributed by atoms with Crippen LogP contribution in [0.1, 0.15) is 17.7 Å². The van der Waals surface area contributed by atoms with Crippen molar-refractivity contribution in [2.24, 2.45) is 0 Å². The molecule has 0 bridgehead atoms. The third-order valence-electron chi connectivity index (χ3n) is 3.55. The third kappa shape index (κ3) is 3.47. The van der Waals surface area contributed by atoms with Gasteiger partial charge in [-0.15, -0.1) is 0 Å². The van der Waals surface area contributed by atoms with Crippen LogP contribution in [0.15, 0.2) is 48.8 Å². The van der Waals surface area contributed by atoms with Gasteiger partial charge in [-0.3, -0.25) is 9.67 Å². The molecule has 0 aliphatic rings. The lowest BCUT2D eigenvalue weighted by atomic mass is 10.1. The molecule has 4 heteroatoms. The Kier molecular flexibility index (Phi) is 4.26. The van der Waals surface area contributed by atoms with Crippen molar-refractivity contribution in [1.29, 1.82) is 0 Å². The molecule has 0 saturated carbocycles. The maximum atomic E-state index is 4.58. The number of nitrogens with one attached hydrogen (secondary N) is 1. The van der Waals surface area contributed by atoms with Gasteiger partial charge in [0.05, 0.1) is 5.52 Å². The summed E-state index contributed by atoms with van der Waals surface area (Å²) < 4.78 is 1.97. The number of pyridine rings is 1. The molecule has 0 aliphatic carbocycles. The van der Waals surface area contributed by atoms with Gasteiger partial charge in [-0.05, 0) is 43.7 Å². The summed E-state index contributed by atoms with van der Waals surface area (Å²) in [5.41, 5.74) is 3.46. The lowest BCUT2D eigenvalue weighted by Gasteiger charge is -2.09. The van der Waals surface area contributed by atoms with Crippen LogP contribution in [0.2, 0.25) is 0 Å². The highest BCUT2D eigenvalue weighted by molar-refractivity contribution is 5.82. The second-order valence-electron chi connectivity index (χ2n) is 5.24.